The summed E-state index contributed by atoms with van der Waals surface area (Å²) < 4.78 is 0. The van der Waals surface area contributed by atoms with Crippen LogP contribution in [0.2, 0.25) is 0 Å². The van der Waals surface area contributed by atoms with Gasteiger partial charge in [-0.25, -0.2) is 4.98 Å². The Morgan fingerprint density at radius 2 is 2.35 bits per heavy atom. The summed E-state index contributed by atoms with van der Waals surface area (Å²) in [7, 11) is 1.92. The molecule has 0 atom stereocenters. The lowest BCUT2D eigenvalue weighted by atomic mass is 10.2. The van der Waals surface area contributed by atoms with E-state index in [2.05, 4.69) is 11.1 Å². The highest BCUT2D eigenvalue weighted by molar-refractivity contribution is 7.13. The molecule has 0 aliphatic carbocycles. The summed E-state index contributed by atoms with van der Waals surface area (Å²) in [4.78, 5) is 6.34. The average Bonchev–Trinajstić information content (AvgIpc) is 2.86. The summed E-state index contributed by atoms with van der Waals surface area (Å²) in [6.45, 7) is 0. The summed E-state index contributed by atoms with van der Waals surface area (Å²) in [6, 6.07) is 9.55. The van der Waals surface area contributed by atoms with Crippen LogP contribution in [0.4, 0.5) is 10.8 Å². The first-order valence-corrected chi connectivity index (χ1v) is 6.40. The molecule has 3 nitrogen and oxygen atoms in total. The van der Waals surface area contributed by atoms with E-state index in [1.54, 1.807) is 6.07 Å². The van der Waals surface area contributed by atoms with Crippen molar-refractivity contribution in [2.24, 2.45) is 0 Å². The van der Waals surface area contributed by atoms with Crippen molar-refractivity contribution in [3.05, 3.63) is 40.9 Å². The van der Waals surface area contributed by atoms with Crippen molar-refractivity contribution >= 4 is 33.8 Å². The summed E-state index contributed by atoms with van der Waals surface area (Å²) in [5.41, 5.74) is 2.46. The molecular formula is C12H10ClN3S. The van der Waals surface area contributed by atoms with Crippen LogP contribution >= 0.6 is 22.9 Å². The number of nitrogens with zero attached hydrogens (tertiary/aromatic N) is 3. The first-order chi connectivity index (χ1) is 8.24. The third-order valence-electron chi connectivity index (χ3n) is 2.33. The molecule has 86 valence electrons. The van der Waals surface area contributed by atoms with Crippen LogP contribution in [-0.4, -0.2) is 12.0 Å². The standard InChI is InChI=1S/C12H10ClN3S/c1-16(12-15-10(6-13)8-17-12)11-4-2-3-9(5-11)7-14/h2-5,8H,6H2,1H3. The molecular weight excluding hydrogens is 254 g/mol. The predicted octanol–water partition coefficient (Wildman–Crippen LogP) is 3.52. The van der Waals surface area contributed by atoms with Crippen LogP contribution in [-0.2, 0) is 5.88 Å². The highest BCUT2D eigenvalue weighted by atomic mass is 35.5. The summed E-state index contributed by atoms with van der Waals surface area (Å²) in [5, 5.41) is 11.7. The fourth-order valence-corrected chi connectivity index (χ4v) is 2.45. The van der Waals surface area contributed by atoms with Gasteiger partial charge in [-0.1, -0.05) is 6.07 Å². The van der Waals surface area contributed by atoms with Crippen molar-refractivity contribution in [1.29, 1.82) is 5.26 Å². The topological polar surface area (TPSA) is 39.9 Å². The van der Waals surface area contributed by atoms with Crippen LogP contribution in [0.25, 0.3) is 0 Å². The van der Waals surface area contributed by atoms with E-state index in [0.717, 1.165) is 16.5 Å². The minimum Gasteiger partial charge on any atom is -0.321 e. The van der Waals surface area contributed by atoms with Crippen LogP contribution in [0, 0.1) is 11.3 Å². The van der Waals surface area contributed by atoms with E-state index >= 15 is 0 Å². The Morgan fingerprint density at radius 3 is 3.00 bits per heavy atom. The van der Waals surface area contributed by atoms with Gasteiger partial charge in [0.2, 0.25) is 0 Å². The van der Waals surface area contributed by atoms with E-state index in [-0.39, 0.29) is 0 Å². The van der Waals surface area contributed by atoms with Crippen molar-refractivity contribution in [2.75, 3.05) is 11.9 Å². The minimum atomic E-state index is 0.419. The van der Waals surface area contributed by atoms with Gasteiger partial charge in [-0.05, 0) is 18.2 Å². The Labute approximate surface area is 109 Å². The van der Waals surface area contributed by atoms with E-state index in [1.165, 1.54) is 11.3 Å². The quantitative estimate of drug-likeness (QED) is 0.796. The molecule has 0 N–H and O–H groups in total. The molecule has 0 aliphatic rings. The number of anilines is 2. The zero-order valence-corrected chi connectivity index (χ0v) is 10.8. The molecule has 0 amide bonds. The molecule has 0 radical (unpaired) electrons. The Bertz CT molecular complexity index is 559. The number of rotatable bonds is 3. The van der Waals surface area contributed by atoms with E-state index in [0.29, 0.717) is 11.4 Å². The maximum absolute atomic E-state index is 8.86. The maximum atomic E-state index is 8.86. The van der Waals surface area contributed by atoms with E-state index in [9.17, 15) is 0 Å². The van der Waals surface area contributed by atoms with Gasteiger partial charge in [-0.15, -0.1) is 22.9 Å². The Morgan fingerprint density at radius 1 is 1.53 bits per heavy atom. The molecule has 0 spiro atoms. The van der Waals surface area contributed by atoms with Crippen LogP contribution in [0.5, 0.6) is 0 Å². The second-order valence-electron chi connectivity index (χ2n) is 3.48. The number of benzene rings is 1. The highest BCUT2D eigenvalue weighted by Crippen LogP contribution is 2.27. The lowest BCUT2D eigenvalue weighted by molar-refractivity contribution is 1.13. The zero-order chi connectivity index (χ0) is 12.3. The molecule has 5 heteroatoms. The van der Waals surface area contributed by atoms with Crippen LogP contribution in [0.15, 0.2) is 29.6 Å². The van der Waals surface area contributed by atoms with Gasteiger partial charge in [0.15, 0.2) is 5.13 Å². The fraction of sp³-hybridized carbons (Fsp3) is 0.167. The van der Waals surface area contributed by atoms with Gasteiger partial charge in [0.05, 0.1) is 23.2 Å². The molecule has 17 heavy (non-hydrogen) atoms. The molecule has 1 aromatic carbocycles. The molecule has 2 rings (SSSR count). The predicted molar refractivity (Wildman–Crippen MR) is 70.9 cm³/mol. The van der Waals surface area contributed by atoms with Gasteiger partial charge in [0.1, 0.15) is 0 Å². The smallest absolute Gasteiger partial charge is 0.189 e. The SMILES string of the molecule is CN(c1cccc(C#N)c1)c1nc(CCl)cs1. The Hall–Kier alpha value is -1.57. The second kappa shape index (κ2) is 5.17. The van der Waals surface area contributed by atoms with Crippen LogP contribution in [0.3, 0.4) is 0 Å². The molecule has 0 unspecified atom stereocenters. The number of hydrogen-bond donors (Lipinski definition) is 0. The molecule has 0 aliphatic heterocycles. The van der Waals surface area contributed by atoms with Crippen molar-refractivity contribution in [2.45, 2.75) is 5.88 Å². The lowest BCUT2D eigenvalue weighted by Gasteiger charge is -2.15. The minimum absolute atomic E-state index is 0.419. The molecule has 0 fully saturated rings. The Kier molecular flexibility index (Phi) is 3.62. The van der Waals surface area contributed by atoms with Crippen molar-refractivity contribution in [3.8, 4) is 6.07 Å². The maximum Gasteiger partial charge on any atom is 0.189 e. The van der Waals surface area contributed by atoms with E-state index < -0.39 is 0 Å². The number of nitriles is 1. The molecule has 2 aromatic rings. The number of aromatic nitrogens is 1. The number of halogens is 1. The summed E-state index contributed by atoms with van der Waals surface area (Å²) in [5.74, 6) is 0.419. The molecule has 1 heterocycles. The largest absolute Gasteiger partial charge is 0.321 e. The van der Waals surface area contributed by atoms with Gasteiger partial charge >= 0.3 is 0 Å². The van der Waals surface area contributed by atoms with Crippen molar-refractivity contribution in [3.63, 3.8) is 0 Å². The summed E-state index contributed by atoms with van der Waals surface area (Å²) >= 11 is 7.26. The van der Waals surface area contributed by atoms with E-state index in [4.69, 9.17) is 16.9 Å². The fourth-order valence-electron chi connectivity index (χ4n) is 1.41. The van der Waals surface area contributed by atoms with Crippen molar-refractivity contribution in [1.82, 2.24) is 4.98 Å². The number of hydrogen-bond acceptors (Lipinski definition) is 4. The van der Waals surface area contributed by atoms with Crippen molar-refractivity contribution < 1.29 is 0 Å². The number of alkyl halides is 1. The van der Waals surface area contributed by atoms with Crippen LogP contribution < -0.4 is 4.90 Å². The third-order valence-corrected chi connectivity index (χ3v) is 3.57. The Balaban J connectivity index is 2.30. The normalized spacial score (nSPS) is 9.94. The molecule has 1 aromatic heterocycles. The monoisotopic (exact) mass is 263 g/mol. The summed E-state index contributed by atoms with van der Waals surface area (Å²) in [6.07, 6.45) is 0. The zero-order valence-electron chi connectivity index (χ0n) is 9.22. The third kappa shape index (κ3) is 2.57. The van der Waals surface area contributed by atoms with Gasteiger partial charge in [0, 0.05) is 18.1 Å². The molecule has 0 saturated carbocycles. The van der Waals surface area contributed by atoms with Gasteiger partial charge in [-0.2, -0.15) is 5.26 Å². The molecule has 0 bridgehead atoms. The van der Waals surface area contributed by atoms with Gasteiger partial charge in [0.25, 0.3) is 0 Å². The van der Waals surface area contributed by atoms with Crippen LogP contribution in [0.1, 0.15) is 11.3 Å². The van der Waals surface area contributed by atoms with Gasteiger partial charge in [-0.3, -0.25) is 0 Å². The lowest BCUT2D eigenvalue weighted by Crippen LogP contribution is -2.09. The first-order valence-electron chi connectivity index (χ1n) is 4.99. The average molecular weight is 264 g/mol. The highest BCUT2D eigenvalue weighted by Gasteiger charge is 2.09. The van der Waals surface area contributed by atoms with E-state index in [1.807, 2.05) is 35.5 Å². The molecule has 0 saturated heterocycles. The number of thiazole rings is 1. The second-order valence-corrected chi connectivity index (χ2v) is 4.58. The first kappa shape index (κ1) is 11.9. The van der Waals surface area contributed by atoms with Gasteiger partial charge < -0.3 is 4.90 Å².